The Morgan fingerprint density at radius 1 is 1.23 bits per heavy atom. The molecule has 0 atom stereocenters. The molecule has 1 fully saturated rings. The van der Waals surface area contributed by atoms with E-state index in [1.807, 2.05) is 57.5 Å². The van der Waals surface area contributed by atoms with E-state index in [2.05, 4.69) is 0 Å². The Labute approximate surface area is 154 Å². The van der Waals surface area contributed by atoms with Gasteiger partial charge in [-0.05, 0) is 46.1 Å². The third kappa shape index (κ3) is 2.84. The third-order valence-electron chi connectivity index (χ3n) is 5.54. The molecule has 1 aromatic heterocycles. The summed E-state index contributed by atoms with van der Waals surface area (Å²) >= 11 is 0. The van der Waals surface area contributed by atoms with Crippen molar-refractivity contribution in [3.63, 3.8) is 0 Å². The van der Waals surface area contributed by atoms with Crippen LogP contribution in [-0.4, -0.2) is 35.5 Å². The highest BCUT2D eigenvalue weighted by Crippen LogP contribution is 2.37. The van der Waals surface area contributed by atoms with Crippen LogP contribution in [0.2, 0.25) is 0 Å². The highest BCUT2D eigenvalue weighted by Gasteiger charge is 2.51. The zero-order valence-corrected chi connectivity index (χ0v) is 16.4. The number of hydrogen-bond acceptors (Lipinski definition) is 5. The van der Waals surface area contributed by atoms with Crippen LogP contribution in [0, 0.1) is 0 Å². The molecule has 140 valence electrons. The van der Waals surface area contributed by atoms with Crippen molar-refractivity contribution in [3.8, 4) is 0 Å². The number of nitrogens with zero attached hydrogens (tertiary/aromatic N) is 1. The SMILES string of the molecule is CCOC(=O)c1c(CN)n(C)c2cc(B3OC(C)(C)C(C)(C)O3)ccc12. The average molecular weight is 358 g/mol. The van der Waals surface area contributed by atoms with Crippen molar-refractivity contribution in [3.05, 3.63) is 29.5 Å². The van der Waals surface area contributed by atoms with Crippen molar-refractivity contribution in [1.29, 1.82) is 0 Å². The van der Waals surface area contributed by atoms with Gasteiger partial charge in [0.1, 0.15) is 0 Å². The van der Waals surface area contributed by atoms with Crippen LogP contribution in [0.3, 0.4) is 0 Å². The Hall–Kier alpha value is -1.83. The van der Waals surface area contributed by atoms with E-state index >= 15 is 0 Å². The van der Waals surface area contributed by atoms with Gasteiger partial charge in [-0.25, -0.2) is 4.79 Å². The van der Waals surface area contributed by atoms with Crippen LogP contribution >= 0.6 is 0 Å². The first-order valence-electron chi connectivity index (χ1n) is 8.97. The van der Waals surface area contributed by atoms with E-state index in [4.69, 9.17) is 19.8 Å². The first kappa shape index (κ1) is 19.0. The van der Waals surface area contributed by atoms with Gasteiger partial charge in [0.25, 0.3) is 0 Å². The maximum atomic E-state index is 12.4. The molecule has 3 rings (SSSR count). The van der Waals surface area contributed by atoms with E-state index in [0.29, 0.717) is 12.2 Å². The minimum Gasteiger partial charge on any atom is -0.462 e. The lowest BCUT2D eigenvalue weighted by Gasteiger charge is -2.32. The monoisotopic (exact) mass is 358 g/mol. The summed E-state index contributed by atoms with van der Waals surface area (Å²) in [6, 6.07) is 5.86. The number of hydrogen-bond donors (Lipinski definition) is 1. The lowest BCUT2D eigenvalue weighted by molar-refractivity contribution is 0.00578. The van der Waals surface area contributed by atoms with E-state index in [1.54, 1.807) is 6.92 Å². The molecule has 7 heteroatoms. The summed E-state index contributed by atoms with van der Waals surface area (Å²) in [4.78, 5) is 12.4. The Morgan fingerprint density at radius 2 is 1.85 bits per heavy atom. The molecule has 0 saturated carbocycles. The average Bonchev–Trinajstić information content (AvgIpc) is 2.97. The molecule has 1 aliphatic heterocycles. The van der Waals surface area contributed by atoms with E-state index < -0.39 is 18.3 Å². The van der Waals surface area contributed by atoms with E-state index in [1.165, 1.54) is 0 Å². The summed E-state index contributed by atoms with van der Waals surface area (Å²) in [6.07, 6.45) is 0. The number of rotatable bonds is 4. The normalized spacial score (nSPS) is 18.5. The number of fused-ring (bicyclic) bond motifs is 1. The fourth-order valence-corrected chi connectivity index (χ4v) is 3.30. The van der Waals surface area contributed by atoms with Gasteiger partial charge in [0.05, 0.1) is 23.4 Å². The molecule has 6 nitrogen and oxygen atoms in total. The predicted molar refractivity (Wildman–Crippen MR) is 102 cm³/mol. The van der Waals surface area contributed by atoms with Crippen molar-refractivity contribution in [2.24, 2.45) is 12.8 Å². The van der Waals surface area contributed by atoms with E-state index in [-0.39, 0.29) is 12.5 Å². The number of carbonyl (C=O) groups excluding carboxylic acids is 1. The Bertz CT molecular complexity index is 841. The Balaban J connectivity index is 2.08. The zero-order chi connectivity index (χ0) is 19.3. The molecule has 2 N–H and O–H groups in total. The molecule has 26 heavy (non-hydrogen) atoms. The molecule has 1 saturated heterocycles. The van der Waals surface area contributed by atoms with Gasteiger partial charge >= 0.3 is 13.1 Å². The Morgan fingerprint density at radius 3 is 2.38 bits per heavy atom. The van der Waals surface area contributed by atoms with Gasteiger partial charge in [-0.2, -0.15) is 0 Å². The summed E-state index contributed by atoms with van der Waals surface area (Å²) in [5.74, 6) is -0.345. The number of esters is 1. The molecule has 2 aromatic rings. The van der Waals surface area contributed by atoms with Gasteiger partial charge in [0.15, 0.2) is 0 Å². The van der Waals surface area contributed by atoms with Crippen LogP contribution in [0.15, 0.2) is 18.2 Å². The molecular formula is C19H27BN2O4. The lowest BCUT2D eigenvalue weighted by Crippen LogP contribution is -2.41. The first-order chi connectivity index (χ1) is 12.1. The molecule has 0 aliphatic carbocycles. The fourth-order valence-electron chi connectivity index (χ4n) is 3.30. The topological polar surface area (TPSA) is 75.7 Å². The number of carbonyl (C=O) groups is 1. The number of aryl methyl sites for hydroxylation is 1. The first-order valence-corrected chi connectivity index (χ1v) is 8.97. The van der Waals surface area contributed by atoms with Crippen LogP contribution in [0.5, 0.6) is 0 Å². The molecule has 0 radical (unpaired) electrons. The van der Waals surface area contributed by atoms with Crippen LogP contribution in [0.25, 0.3) is 10.9 Å². The third-order valence-corrected chi connectivity index (χ3v) is 5.54. The highest BCUT2D eigenvalue weighted by molar-refractivity contribution is 6.62. The molecular weight excluding hydrogens is 331 g/mol. The minimum atomic E-state index is -0.452. The smallest absolute Gasteiger partial charge is 0.462 e. The summed E-state index contributed by atoms with van der Waals surface area (Å²) in [5, 5.41) is 0.826. The van der Waals surface area contributed by atoms with E-state index in [0.717, 1.165) is 22.1 Å². The number of ether oxygens (including phenoxy) is 1. The van der Waals surface area contributed by atoms with Crippen molar-refractivity contribution in [2.75, 3.05) is 6.61 Å². The maximum Gasteiger partial charge on any atom is 0.494 e. The van der Waals surface area contributed by atoms with Gasteiger partial charge < -0.3 is 24.3 Å². The minimum absolute atomic E-state index is 0.255. The van der Waals surface area contributed by atoms with Crippen LogP contribution in [0.4, 0.5) is 0 Å². The van der Waals surface area contributed by atoms with Gasteiger partial charge in [-0.3, -0.25) is 0 Å². The standard InChI is InChI=1S/C19H27BN2O4/c1-7-24-17(23)16-13-9-8-12(10-14(13)22(6)15(16)11-21)20-25-18(2,3)19(4,5)26-20/h8-10H,7,11,21H2,1-6H3. The quantitative estimate of drug-likeness (QED) is 0.669. The molecule has 1 aliphatic rings. The van der Waals surface area contributed by atoms with Crippen molar-refractivity contribution < 1.29 is 18.8 Å². The summed E-state index contributed by atoms with van der Waals surface area (Å²) < 4.78 is 19.4. The van der Waals surface area contributed by atoms with Crippen LogP contribution < -0.4 is 11.2 Å². The van der Waals surface area contributed by atoms with Crippen LogP contribution in [-0.2, 0) is 27.6 Å². The molecule has 0 spiro atoms. The molecule has 2 heterocycles. The van der Waals surface area contributed by atoms with Crippen molar-refractivity contribution >= 4 is 29.5 Å². The number of aromatic nitrogens is 1. The molecule has 0 amide bonds. The van der Waals surface area contributed by atoms with Gasteiger partial charge in [0, 0.05) is 30.2 Å². The van der Waals surface area contributed by atoms with Crippen molar-refractivity contribution in [2.45, 2.75) is 52.4 Å². The predicted octanol–water partition coefficient (Wildman–Crippen LogP) is 2.11. The second-order valence-electron chi connectivity index (χ2n) is 7.67. The summed E-state index contributed by atoms with van der Waals surface area (Å²) in [5.41, 5.74) is 8.20. The molecule has 0 bridgehead atoms. The summed E-state index contributed by atoms with van der Waals surface area (Å²) in [7, 11) is 1.45. The fraction of sp³-hybridized carbons (Fsp3) is 0.526. The maximum absolute atomic E-state index is 12.4. The number of nitrogens with two attached hydrogens (primary N) is 1. The lowest BCUT2D eigenvalue weighted by atomic mass is 9.78. The Kier molecular flexibility index (Phi) is 4.67. The summed E-state index contributed by atoms with van der Waals surface area (Å²) in [6.45, 7) is 10.5. The molecule has 0 unspecified atom stereocenters. The highest BCUT2D eigenvalue weighted by atomic mass is 16.7. The van der Waals surface area contributed by atoms with Crippen LogP contribution in [0.1, 0.15) is 50.7 Å². The van der Waals surface area contributed by atoms with Gasteiger partial charge in [0.2, 0.25) is 0 Å². The van der Waals surface area contributed by atoms with Crippen molar-refractivity contribution in [1.82, 2.24) is 4.57 Å². The second-order valence-corrected chi connectivity index (χ2v) is 7.67. The van der Waals surface area contributed by atoms with E-state index in [9.17, 15) is 4.79 Å². The molecule has 1 aromatic carbocycles. The van der Waals surface area contributed by atoms with Gasteiger partial charge in [-0.15, -0.1) is 0 Å². The second kappa shape index (κ2) is 6.41. The number of benzene rings is 1. The zero-order valence-electron chi connectivity index (χ0n) is 16.4. The van der Waals surface area contributed by atoms with Gasteiger partial charge in [-0.1, -0.05) is 12.1 Å². The largest absolute Gasteiger partial charge is 0.494 e.